The number of hydrogen-bond acceptors (Lipinski definition) is 4. The predicted octanol–water partition coefficient (Wildman–Crippen LogP) is 2.72. The van der Waals surface area contributed by atoms with Gasteiger partial charge in [0, 0.05) is 4.88 Å². The number of carbonyl (C=O) groups excluding carboxylic acids is 1. The molecule has 2 unspecified atom stereocenters. The lowest BCUT2D eigenvalue weighted by atomic mass is 9.77. The number of aryl methyl sites for hydroxylation is 2. The van der Waals surface area contributed by atoms with Gasteiger partial charge in [0.25, 0.3) is 0 Å². The number of aromatic nitrogens is 1. The zero-order chi connectivity index (χ0) is 14.9. The average Bonchev–Trinajstić information content (AvgIpc) is 2.67. The van der Waals surface area contributed by atoms with Crippen LogP contribution in [-0.2, 0) is 4.79 Å². The van der Waals surface area contributed by atoms with Gasteiger partial charge >= 0.3 is 0 Å². The molecule has 1 amide bonds. The standard InChI is InChI=1S/C15H25N3OS/c1-9-12(20-11(3)17-9)10(2)18-14(19)13-15(4,5)7-6-8-16-13/h10,13,16H,6-8H2,1-5H3,(H,18,19). The third-order valence-electron chi connectivity index (χ3n) is 4.08. The minimum absolute atomic E-state index is 0.0146. The Balaban J connectivity index is 2.05. The average molecular weight is 295 g/mol. The van der Waals surface area contributed by atoms with E-state index in [9.17, 15) is 4.79 Å². The minimum Gasteiger partial charge on any atom is -0.347 e. The minimum atomic E-state index is -0.104. The molecule has 2 heterocycles. The summed E-state index contributed by atoms with van der Waals surface area (Å²) in [4.78, 5) is 18.1. The zero-order valence-electron chi connectivity index (χ0n) is 13.0. The molecule has 0 bridgehead atoms. The van der Waals surface area contributed by atoms with Crippen LogP contribution < -0.4 is 10.6 Å². The maximum atomic E-state index is 12.5. The van der Waals surface area contributed by atoms with Crippen LogP contribution in [0.2, 0.25) is 0 Å². The monoisotopic (exact) mass is 295 g/mol. The van der Waals surface area contributed by atoms with Gasteiger partial charge in [-0.25, -0.2) is 4.98 Å². The quantitative estimate of drug-likeness (QED) is 0.901. The van der Waals surface area contributed by atoms with E-state index in [4.69, 9.17) is 0 Å². The SMILES string of the molecule is Cc1nc(C)c(C(C)NC(=O)C2NCCCC2(C)C)s1. The second kappa shape index (κ2) is 5.82. The normalized spacial score (nSPS) is 23.4. The van der Waals surface area contributed by atoms with Gasteiger partial charge in [0.15, 0.2) is 0 Å². The number of carbonyl (C=O) groups is 1. The lowest BCUT2D eigenvalue weighted by Gasteiger charge is -2.38. The Bertz CT molecular complexity index is 495. The van der Waals surface area contributed by atoms with Crippen LogP contribution in [0, 0.1) is 19.3 Å². The summed E-state index contributed by atoms with van der Waals surface area (Å²) in [7, 11) is 0. The first-order valence-electron chi connectivity index (χ1n) is 7.29. The highest BCUT2D eigenvalue weighted by atomic mass is 32.1. The number of hydrogen-bond donors (Lipinski definition) is 2. The predicted molar refractivity (Wildman–Crippen MR) is 83.0 cm³/mol. The van der Waals surface area contributed by atoms with Gasteiger partial charge in [-0.2, -0.15) is 0 Å². The van der Waals surface area contributed by atoms with Crippen LogP contribution >= 0.6 is 11.3 Å². The number of thiazole rings is 1. The van der Waals surface area contributed by atoms with E-state index >= 15 is 0 Å². The van der Waals surface area contributed by atoms with E-state index < -0.39 is 0 Å². The molecular weight excluding hydrogens is 270 g/mol. The summed E-state index contributed by atoms with van der Waals surface area (Å²) < 4.78 is 0. The van der Waals surface area contributed by atoms with E-state index in [2.05, 4.69) is 29.5 Å². The van der Waals surface area contributed by atoms with Crippen molar-refractivity contribution in [3.05, 3.63) is 15.6 Å². The first-order valence-corrected chi connectivity index (χ1v) is 8.10. The summed E-state index contributed by atoms with van der Waals surface area (Å²) in [6, 6.07) is -0.0822. The largest absolute Gasteiger partial charge is 0.347 e. The van der Waals surface area contributed by atoms with E-state index in [1.54, 1.807) is 11.3 Å². The first-order chi connectivity index (χ1) is 9.31. The van der Waals surface area contributed by atoms with Crippen LogP contribution in [0.25, 0.3) is 0 Å². The molecule has 4 nitrogen and oxygen atoms in total. The molecule has 2 atom stereocenters. The van der Waals surface area contributed by atoms with Gasteiger partial charge in [-0.3, -0.25) is 4.79 Å². The van der Waals surface area contributed by atoms with E-state index in [0.717, 1.165) is 35.0 Å². The Labute approximate surface area is 125 Å². The van der Waals surface area contributed by atoms with Crippen molar-refractivity contribution in [1.29, 1.82) is 0 Å². The molecule has 1 fully saturated rings. The van der Waals surface area contributed by atoms with Crippen molar-refractivity contribution in [3.8, 4) is 0 Å². The molecule has 1 saturated heterocycles. The second-order valence-corrected chi connectivity index (χ2v) is 7.63. The molecule has 0 spiro atoms. The van der Waals surface area contributed by atoms with Crippen molar-refractivity contribution in [2.24, 2.45) is 5.41 Å². The molecule has 20 heavy (non-hydrogen) atoms. The van der Waals surface area contributed by atoms with Crippen molar-refractivity contribution in [2.45, 2.75) is 59.5 Å². The molecular formula is C15H25N3OS. The second-order valence-electron chi connectivity index (χ2n) is 6.39. The summed E-state index contributed by atoms with van der Waals surface area (Å²) in [6.07, 6.45) is 2.23. The van der Waals surface area contributed by atoms with Crippen molar-refractivity contribution in [3.63, 3.8) is 0 Å². The zero-order valence-corrected chi connectivity index (χ0v) is 13.9. The summed E-state index contributed by atoms with van der Waals surface area (Å²) in [5.41, 5.74) is 1.04. The van der Waals surface area contributed by atoms with E-state index in [1.807, 2.05) is 20.8 Å². The molecule has 0 saturated carbocycles. The topological polar surface area (TPSA) is 54.0 Å². The Morgan fingerprint density at radius 3 is 2.75 bits per heavy atom. The maximum Gasteiger partial charge on any atom is 0.238 e. The summed E-state index contributed by atoms with van der Waals surface area (Å²) in [5.74, 6) is 0.104. The van der Waals surface area contributed by atoms with Crippen LogP contribution in [0.3, 0.4) is 0 Å². The third kappa shape index (κ3) is 3.20. The highest BCUT2D eigenvalue weighted by Gasteiger charge is 2.37. The fraction of sp³-hybridized carbons (Fsp3) is 0.733. The molecule has 0 aliphatic carbocycles. The third-order valence-corrected chi connectivity index (χ3v) is 5.34. The number of rotatable bonds is 3. The van der Waals surface area contributed by atoms with Gasteiger partial charge < -0.3 is 10.6 Å². The van der Waals surface area contributed by atoms with Gasteiger partial charge in [0.05, 0.1) is 22.8 Å². The van der Waals surface area contributed by atoms with E-state index in [-0.39, 0.29) is 23.4 Å². The van der Waals surface area contributed by atoms with Crippen LogP contribution in [0.5, 0.6) is 0 Å². The Hall–Kier alpha value is -0.940. The van der Waals surface area contributed by atoms with Crippen molar-refractivity contribution >= 4 is 17.2 Å². The van der Waals surface area contributed by atoms with Crippen LogP contribution in [0.4, 0.5) is 0 Å². The Morgan fingerprint density at radius 1 is 1.50 bits per heavy atom. The van der Waals surface area contributed by atoms with Crippen LogP contribution in [0.15, 0.2) is 0 Å². The number of piperidine rings is 1. The first kappa shape index (κ1) is 15.4. The molecule has 5 heteroatoms. The summed E-state index contributed by atoms with van der Waals surface area (Å²) in [5, 5.41) is 7.56. The summed E-state index contributed by atoms with van der Waals surface area (Å²) in [6.45, 7) is 11.3. The summed E-state index contributed by atoms with van der Waals surface area (Å²) >= 11 is 1.66. The molecule has 2 rings (SSSR count). The lowest BCUT2D eigenvalue weighted by molar-refractivity contribution is -0.127. The highest BCUT2D eigenvalue weighted by molar-refractivity contribution is 7.11. The Kier molecular flexibility index (Phi) is 4.49. The molecule has 112 valence electrons. The van der Waals surface area contributed by atoms with Gasteiger partial charge in [-0.1, -0.05) is 13.8 Å². The molecule has 1 aromatic heterocycles. The van der Waals surface area contributed by atoms with E-state index in [0.29, 0.717) is 0 Å². The number of nitrogens with one attached hydrogen (secondary N) is 2. The molecule has 0 aromatic carbocycles. The van der Waals surface area contributed by atoms with E-state index in [1.165, 1.54) is 0 Å². The maximum absolute atomic E-state index is 12.5. The smallest absolute Gasteiger partial charge is 0.238 e. The highest BCUT2D eigenvalue weighted by Crippen LogP contribution is 2.31. The van der Waals surface area contributed by atoms with Gasteiger partial charge in [-0.15, -0.1) is 11.3 Å². The number of amides is 1. The number of nitrogens with zero attached hydrogens (tertiary/aromatic N) is 1. The molecule has 1 aliphatic heterocycles. The molecule has 2 N–H and O–H groups in total. The van der Waals surface area contributed by atoms with Crippen molar-refractivity contribution in [2.75, 3.05) is 6.54 Å². The van der Waals surface area contributed by atoms with Crippen LogP contribution in [-0.4, -0.2) is 23.5 Å². The van der Waals surface area contributed by atoms with Crippen LogP contribution in [0.1, 0.15) is 55.2 Å². The molecule has 0 radical (unpaired) electrons. The Morgan fingerprint density at radius 2 is 2.20 bits per heavy atom. The van der Waals surface area contributed by atoms with Crippen molar-refractivity contribution < 1.29 is 4.79 Å². The fourth-order valence-electron chi connectivity index (χ4n) is 2.97. The lowest BCUT2D eigenvalue weighted by Crippen LogP contribution is -2.55. The molecule has 1 aromatic rings. The fourth-order valence-corrected chi connectivity index (χ4v) is 3.90. The van der Waals surface area contributed by atoms with Crippen molar-refractivity contribution in [1.82, 2.24) is 15.6 Å². The van der Waals surface area contributed by atoms with Gasteiger partial charge in [-0.05, 0) is 45.6 Å². The van der Waals surface area contributed by atoms with Gasteiger partial charge in [0.2, 0.25) is 5.91 Å². The molecule has 1 aliphatic rings. The van der Waals surface area contributed by atoms with Gasteiger partial charge in [0.1, 0.15) is 0 Å².